The van der Waals surface area contributed by atoms with Gasteiger partial charge >= 0.3 is 0 Å². The number of carbonyl (C=O) groups is 1. The molecule has 4 nitrogen and oxygen atoms in total. The lowest BCUT2D eigenvalue weighted by Gasteiger charge is -2.21. The number of nitrogen functional groups attached to an aromatic ring is 1. The second kappa shape index (κ2) is 5.54. The van der Waals surface area contributed by atoms with Crippen LogP contribution in [-0.2, 0) is 4.79 Å². The van der Waals surface area contributed by atoms with Gasteiger partial charge in [0.25, 0.3) is 0 Å². The average molecular weight is 243 g/mol. The zero-order valence-electron chi connectivity index (χ0n) is 10.3. The van der Waals surface area contributed by atoms with E-state index in [9.17, 15) is 4.79 Å². The maximum atomic E-state index is 12.0. The Morgan fingerprint density at radius 1 is 1.33 bits per heavy atom. The Balaban J connectivity index is 2.04. The van der Waals surface area contributed by atoms with Gasteiger partial charge in [-0.1, -0.05) is 19.3 Å². The van der Waals surface area contributed by atoms with Crippen molar-refractivity contribution in [2.75, 3.05) is 11.1 Å². The molecule has 2 rings (SSSR count). The number of rotatable bonds is 2. The summed E-state index contributed by atoms with van der Waals surface area (Å²) >= 11 is 0. The summed E-state index contributed by atoms with van der Waals surface area (Å²) in [6.07, 6.45) is 5.40. The summed E-state index contributed by atoms with van der Waals surface area (Å²) in [5.74, 6) is 0.153. The molecule has 94 valence electrons. The van der Waals surface area contributed by atoms with Gasteiger partial charge in [0.1, 0.15) is 0 Å². The lowest BCUT2D eigenvalue weighted by molar-refractivity contribution is -0.120. The number of anilines is 2. The minimum atomic E-state index is 0.0473. The first kappa shape index (κ1) is 12.4. The van der Waals surface area contributed by atoms with Crippen molar-refractivity contribution in [2.45, 2.75) is 32.1 Å². The molecule has 3 N–H and O–H groups in total. The van der Waals surface area contributed by atoms with E-state index < -0.39 is 0 Å². The molecule has 0 saturated heterocycles. The molecule has 1 aromatic rings. The highest BCUT2D eigenvalue weighted by Gasteiger charge is 2.21. The quantitative estimate of drug-likeness (QED) is 0.784. The summed E-state index contributed by atoms with van der Waals surface area (Å²) in [5.41, 5.74) is 7.36. The largest absolute Gasteiger partial charge is 0.397 e. The van der Waals surface area contributed by atoms with Gasteiger partial charge in [0.15, 0.2) is 0 Å². The van der Waals surface area contributed by atoms with E-state index in [0.29, 0.717) is 16.9 Å². The van der Waals surface area contributed by atoms with Crippen LogP contribution in [0, 0.1) is 17.2 Å². The molecular formula is C14H17N3O. The first-order chi connectivity index (χ1) is 8.70. The van der Waals surface area contributed by atoms with E-state index in [2.05, 4.69) is 5.32 Å². The lowest BCUT2D eigenvalue weighted by Crippen LogP contribution is -2.25. The highest BCUT2D eigenvalue weighted by atomic mass is 16.1. The van der Waals surface area contributed by atoms with Crippen LogP contribution in [0.3, 0.4) is 0 Å². The van der Waals surface area contributed by atoms with Crippen molar-refractivity contribution >= 4 is 17.3 Å². The van der Waals surface area contributed by atoms with E-state index in [1.165, 1.54) is 6.42 Å². The van der Waals surface area contributed by atoms with Crippen molar-refractivity contribution in [3.63, 3.8) is 0 Å². The average Bonchev–Trinajstić information content (AvgIpc) is 2.42. The van der Waals surface area contributed by atoms with E-state index in [1.54, 1.807) is 18.2 Å². The van der Waals surface area contributed by atoms with Gasteiger partial charge in [0.05, 0.1) is 23.0 Å². The normalized spacial score (nSPS) is 15.9. The van der Waals surface area contributed by atoms with Gasteiger partial charge in [-0.05, 0) is 31.0 Å². The molecule has 1 aliphatic rings. The fourth-order valence-corrected chi connectivity index (χ4v) is 2.35. The van der Waals surface area contributed by atoms with Crippen LogP contribution in [0.2, 0.25) is 0 Å². The second-order valence-electron chi connectivity index (χ2n) is 4.74. The van der Waals surface area contributed by atoms with E-state index in [-0.39, 0.29) is 11.8 Å². The molecule has 4 heteroatoms. The summed E-state index contributed by atoms with van der Waals surface area (Å²) in [6, 6.07) is 6.95. The van der Waals surface area contributed by atoms with Crippen LogP contribution in [-0.4, -0.2) is 5.91 Å². The minimum absolute atomic E-state index is 0.0473. The van der Waals surface area contributed by atoms with Gasteiger partial charge in [-0.25, -0.2) is 0 Å². The van der Waals surface area contributed by atoms with Gasteiger partial charge in [0.2, 0.25) is 5.91 Å². The molecule has 0 aliphatic heterocycles. The van der Waals surface area contributed by atoms with Crippen molar-refractivity contribution in [3.8, 4) is 6.07 Å². The van der Waals surface area contributed by atoms with Crippen molar-refractivity contribution in [2.24, 2.45) is 5.92 Å². The van der Waals surface area contributed by atoms with Crippen LogP contribution in [0.4, 0.5) is 11.4 Å². The van der Waals surface area contributed by atoms with Gasteiger partial charge in [-0.3, -0.25) is 4.79 Å². The third-order valence-electron chi connectivity index (χ3n) is 3.41. The van der Waals surface area contributed by atoms with E-state index in [1.807, 2.05) is 6.07 Å². The Labute approximate surface area is 107 Å². The van der Waals surface area contributed by atoms with Gasteiger partial charge < -0.3 is 11.1 Å². The third kappa shape index (κ3) is 2.80. The van der Waals surface area contributed by atoms with Gasteiger partial charge in [-0.2, -0.15) is 5.26 Å². The summed E-state index contributed by atoms with van der Waals surface area (Å²) < 4.78 is 0. The second-order valence-corrected chi connectivity index (χ2v) is 4.74. The van der Waals surface area contributed by atoms with Crippen LogP contribution in [0.15, 0.2) is 18.2 Å². The molecule has 1 fully saturated rings. The summed E-state index contributed by atoms with van der Waals surface area (Å²) in [6.45, 7) is 0. The van der Waals surface area contributed by atoms with Gasteiger partial charge in [0, 0.05) is 5.92 Å². The number of hydrogen-bond acceptors (Lipinski definition) is 3. The monoisotopic (exact) mass is 243 g/mol. The number of nitriles is 1. The zero-order valence-corrected chi connectivity index (χ0v) is 10.3. The van der Waals surface area contributed by atoms with Crippen LogP contribution in [0.25, 0.3) is 0 Å². The molecule has 0 radical (unpaired) electrons. The van der Waals surface area contributed by atoms with Gasteiger partial charge in [-0.15, -0.1) is 0 Å². The molecule has 1 amide bonds. The fraction of sp³-hybridized carbons (Fsp3) is 0.429. The van der Waals surface area contributed by atoms with Crippen molar-refractivity contribution in [3.05, 3.63) is 23.8 Å². The molecule has 1 saturated carbocycles. The van der Waals surface area contributed by atoms with E-state index in [0.717, 1.165) is 25.7 Å². The smallest absolute Gasteiger partial charge is 0.227 e. The zero-order chi connectivity index (χ0) is 13.0. The summed E-state index contributed by atoms with van der Waals surface area (Å²) in [7, 11) is 0. The minimum Gasteiger partial charge on any atom is -0.397 e. The Kier molecular flexibility index (Phi) is 3.83. The number of nitrogens with zero attached hydrogens (tertiary/aromatic N) is 1. The molecule has 0 bridgehead atoms. The first-order valence-corrected chi connectivity index (χ1v) is 6.31. The molecule has 0 atom stereocenters. The molecule has 0 unspecified atom stereocenters. The maximum absolute atomic E-state index is 12.0. The highest BCUT2D eigenvalue weighted by Crippen LogP contribution is 2.26. The van der Waals surface area contributed by atoms with E-state index in [4.69, 9.17) is 11.0 Å². The van der Waals surface area contributed by atoms with Crippen LogP contribution >= 0.6 is 0 Å². The van der Waals surface area contributed by atoms with Crippen molar-refractivity contribution in [1.29, 1.82) is 5.26 Å². The summed E-state index contributed by atoms with van der Waals surface area (Å²) in [4.78, 5) is 12.0. The van der Waals surface area contributed by atoms with Crippen molar-refractivity contribution < 1.29 is 4.79 Å². The molecule has 1 aliphatic carbocycles. The van der Waals surface area contributed by atoms with E-state index >= 15 is 0 Å². The number of nitrogens with one attached hydrogen (secondary N) is 1. The summed E-state index contributed by atoms with van der Waals surface area (Å²) in [5, 5.41) is 11.6. The number of hydrogen-bond donors (Lipinski definition) is 2. The molecule has 0 aromatic heterocycles. The number of nitrogens with two attached hydrogens (primary N) is 1. The Bertz CT molecular complexity index is 484. The SMILES string of the molecule is N#Cc1ccc(NC(=O)C2CCCCC2)c(N)c1. The highest BCUT2D eigenvalue weighted by molar-refractivity contribution is 5.95. The van der Waals surface area contributed by atoms with Crippen LogP contribution < -0.4 is 11.1 Å². The molecule has 0 spiro atoms. The maximum Gasteiger partial charge on any atom is 0.227 e. The molecular weight excluding hydrogens is 226 g/mol. The number of carbonyl (C=O) groups excluding carboxylic acids is 1. The Hall–Kier alpha value is -2.02. The lowest BCUT2D eigenvalue weighted by atomic mass is 9.88. The standard InChI is InChI=1S/C14H17N3O/c15-9-10-6-7-13(12(16)8-10)17-14(18)11-4-2-1-3-5-11/h6-8,11H,1-5,16H2,(H,17,18). The fourth-order valence-electron chi connectivity index (χ4n) is 2.35. The number of amides is 1. The molecule has 0 heterocycles. The first-order valence-electron chi connectivity index (χ1n) is 6.31. The van der Waals surface area contributed by atoms with Crippen molar-refractivity contribution in [1.82, 2.24) is 0 Å². The Morgan fingerprint density at radius 2 is 2.06 bits per heavy atom. The molecule has 18 heavy (non-hydrogen) atoms. The van der Waals surface area contributed by atoms with Crippen LogP contribution in [0.1, 0.15) is 37.7 Å². The number of benzene rings is 1. The van der Waals surface area contributed by atoms with Crippen LogP contribution in [0.5, 0.6) is 0 Å². The topological polar surface area (TPSA) is 78.9 Å². The predicted octanol–water partition coefficient (Wildman–Crippen LogP) is 2.66. The predicted molar refractivity (Wildman–Crippen MR) is 70.8 cm³/mol. The Morgan fingerprint density at radius 3 is 2.67 bits per heavy atom. The third-order valence-corrected chi connectivity index (χ3v) is 3.41. The molecule has 1 aromatic carbocycles.